The highest BCUT2D eigenvalue weighted by Crippen LogP contribution is 2.17. The molecule has 0 aliphatic rings. The first-order valence-electron chi connectivity index (χ1n) is 8.32. The molecule has 0 bridgehead atoms. The van der Waals surface area contributed by atoms with Crippen LogP contribution in [0.1, 0.15) is 41.8 Å². The van der Waals surface area contributed by atoms with Gasteiger partial charge in [-0.25, -0.2) is 0 Å². The van der Waals surface area contributed by atoms with Crippen molar-refractivity contribution in [1.29, 1.82) is 0 Å². The first-order chi connectivity index (χ1) is 11.8. The quantitative estimate of drug-likeness (QED) is 0.754. The van der Waals surface area contributed by atoms with Crippen LogP contribution in [0.4, 0.5) is 5.69 Å². The molecule has 0 radical (unpaired) electrons. The van der Waals surface area contributed by atoms with Crippen molar-refractivity contribution < 1.29 is 14.7 Å². The van der Waals surface area contributed by atoms with Gasteiger partial charge in [0.1, 0.15) is 5.75 Å². The predicted octanol–water partition coefficient (Wildman–Crippen LogP) is 3.41. The largest absolute Gasteiger partial charge is 0.508 e. The molecule has 132 valence electrons. The molecule has 1 atom stereocenters. The number of hydrogen-bond donors (Lipinski definition) is 3. The fourth-order valence-corrected chi connectivity index (χ4v) is 2.51. The van der Waals surface area contributed by atoms with Crippen LogP contribution in [0.3, 0.4) is 0 Å². The van der Waals surface area contributed by atoms with E-state index in [0.29, 0.717) is 11.3 Å². The second-order valence-electron chi connectivity index (χ2n) is 6.29. The summed E-state index contributed by atoms with van der Waals surface area (Å²) in [5.74, 6) is -0.0767. The third-order valence-electron chi connectivity index (χ3n) is 3.99. The number of aromatic hydroxyl groups is 1. The Morgan fingerprint density at radius 3 is 2.44 bits per heavy atom. The number of aryl methyl sites for hydroxylation is 2. The number of phenols is 1. The van der Waals surface area contributed by atoms with Crippen LogP contribution < -0.4 is 10.6 Å². The Balaban J connectivity index is 1.94. The summed E-state index contributed by atoms with van der Waals surface area (Å²) in [6.07, 6.45) is 1.60. The minimum Gasteiger partial charge on any atom is -0.508 e. The number of benzene rings is 2. The lowest BCUT2D eigenvalue weighted by atomic mass is 10.0. The lowest BCUT2D eigenvalue weighted by Gasteiger charge is -2.15. The maximum atomic E-state index is 12.4. The Kier molecular flexibility index (Phi) is 6.17. The normalized spacial score (nSPS) is 11.6. The number of anilines is 1. The van der Waals surface area contributed by atoms with E-state index in [2.05, 4.69) is 10.6 Å². The molecule has 0 aliphatic heterocycles. The van der Waals surface area contributed by atoms with Crippen molar-refractivity contribution in [3.63, 3.8) is 0 Å². The molecule has 2 rings (SSSR count). The highest BCUT2D eigenvalue weighted by atomic mass is 16.3. The summed E-state index contributed by atoms with van der Waals surface area (Å²) < 4.78 is 0. The fraction of sp³-hybridized carbons (Fsp3) is 0.300. The molecule has 0 saturated carbocycles. The number of phenolic OH excluding ortho intramolecular Hbond substituents is 1. The number of rotatable bonds is 6. The summed E-state index contributed by atoms with van der Waals surface area (Å²) in [5, 5.41) is 15.0. The molecule has 3 N–H and O–H groups in total. The standard InChI is InChI=1S/C20H24N2O3/c1-13-4-9-17(12-19(13)22-15(3)23)20(25)21-14(2)5-6-16-7-10-18(24)11-8-16/h4,7-12,14,24H,5-6H2,1-3H3,(H,21,25)(H,22,23). The zero-order chi connectivity index (χ0) is 18.4. The molecule has 1 unspecified atom stereocenters. The summed E-state index contributed by atoms with van der Waals surface area (Å²) in [4.78, 5) is 23.6. The Morgan fingerprint density at radius 1 is 1.12 bits per heavy atom. The predicted molar refractivity (Wildman–Crippen MR) is 98.8 cm³/mol. The van der Waals surface area contributed by atoms with E-state index in [1.165, 1.54) is 6.92 Å². The van der Waals surface area contributed by atoms with Gasteiger partial charge < -0.3 is 15.7 Å². The van der Waals surface area contributed by atoms with E-state index in [1.54, 1.807) is 24.3 Å². The maximum absolute atomic E-state index is 12.4. The third-order valence-corrected chi connectivity index (χ3v) is 3.99. The van der Waals surface area contributed by atoms with E-state index >= 15 is 0 Å². The average molecular weight is 340 g/mol. The Hall–Kier alpha value is -2.82. The first kappa shape index (κ1) is 18.5. The second kappa shape index (κ2) is 8.33. The van der Waals surface area contributed by atoms with Gasteiger partial charge in [-0.05, 0) is 62.1 Å². The van der Waals surface area contributed by atoms with Gasteiger partial charge in [0, 0.05) is 24.2 Å². The smallest absolute Gasteiger partial charge is 0.251 e. The Morgan fingerprint density at radius 2 is 1.80 bits per heavy atom. The number of carbonyl (C=O) groups is 2. The van der Waals surface area contributed by atoms with E-state index in [4.69, 9.17) is 0 Å². The zero-order valence-corrected chi connectivity index (χ0v) is 14.8. The fourth-order valence-electron chi connectivity index (χ4n) is 2.51. The topological polar surface area (TPSA) is 78.4 Å². The van der Waals surface area contributed by atoms with Gasteiger partial charge in [-0.2, -0.15) is 0 Å². The zero-order valence-electron chi connectivity index (χ0n) is 14.8. The number of hydrogen-bond acceptors (Lipinski definition) is 3. The number of amides is 2. The summed E-state index contributed by atoms with van der Waals surface area (Å²) in [6, 6.07) is 12.4. The molecule has 25 heavy (non-hydrogen) atoms. The Bertz CT molecular complexity index is 754. The average Bonchev–Trinajstić information content (AvgIpc) is 2.56. The van der Waals surface area contributed by atoms with Crippen molar-refractivity contribution in [3.8, 4) is 5.75 Å². The molecular weight excluding hydrogens is 316 g/mol. The van der Waals surface area contributed by atoms with Gasteiger partial charge in [0.05, 0.1) is 0 Å². The van der Waals surface area contributed by atoms with Crippen LogP contribution in [0.15, 0.2) is 42.5 Å². The summed E-state index contributed by atoms with van der Waals surface area (Å²) in [7, 11) is 0. The maximum Gasteiger partial charge on any atom is 0.251 e. The molecule has 0 spiro atoms. The molecule has 0 aliphatic carbocycles. The highest BCUT2D eigenvalue weighted by Gasteiger charge is 2.12. The van der Waals surface area contributed by atoms with E-state index in [0.717, 1.165) is 24.0 Å². The minimum absolute atomic E-state index is 0.00632. The van der Waals surface area contributed by atoms with Crippen LogP contribution in [0.2, 0.25) is 0 Å². The molecule has 0 fully saturated rings. The van der Waals surface area contributed by atoms with E-state index in [1.807, 2.05) is 32.0 Å². The third kappa shape index (κ3) is 5.64. The lowest BCUT2D eigenvalue weighted by Crippen LogP contribution is -2.33. The lowest BCUT2D eigenvalue weighted by molar-refractivity contribution is -0.114. The van der Waals surface area contributed by atoms with Gasteiger partial charge in [-0.1, -0.05) is 18.2 Å². The van der Waals surface area contributed by atoms with Crippen LogP contribution in [0.25, 0.3) is 0 Å². The summed E-state index contributed by atoms with van der Waals surface area (Å²) >= 11 is 0. The van der Waals surface area contributed by atoms with E-state index in [9.17, 15) is 14.7 Å². The molecule has 2 aromatic rings. The van der Waals surface area contributed by atoms with Crippen molar-refractivity contribution in [2.24, 2.45) is 0 Å². The second-order valence-corrected chi connectivity index (χ2v) is 6.29. The van der Waals surface area contributed by atoms with E-state index in [-0.39, 0.29) is 23.6 Å². The first-order valence-corrected chi connectivity index (χ1v) is 8.32. The number of carbonyl (C=O) groups excluding carboxylic acids is 2. The van der Waals surface area contributed by atoms with Crippen LogP contribution in [0, 0.1) is 6.92 Å². The molecule has 0 saturated heterocycles. The molecule has 2 aromatic carbocycles. The van der Waals surface area contributed by atoms with Crippen LogP contribution in [-0.4, -0.2) is 23.0 Å². The number of nitrogens with one attached hydrogen (secondary N) is 2. The minimum atomic E-state index is -0.164. The summed E-state index contributed by atoms with van der Waals surface area (Å²) in [5.41, 5.74) is 3.19. The van der Waals surface area contributed by atoms with Crippen molar-refractivity contribution in [2.75, 3.05) is 5.32 Å². The van der Waals surface area contributed by atoms with Gasteiger partial charge in [0.15, 0.2) is 0 Å². The summed E-state index contributed by atoms with van der Waals surface area (Å²) in [6.45, 7) is 5.28. The SMILES string of the molecule is CC(=O)Nc1cc(C(=O)NC(C)CCc2ccc(O)cc2)ccc1C. The molecule has 2 amide bonds. The Labute approximate surface area is 148 Å². The van der Waals surface area contributed by atoms with Gasteiger partial charge in [-0.3, -0.25) is 9.59 Å². The molecule has 0 aromatic heterocycles. The van der Waals surface area contributed by atoms with Crippen molar-refractivity contribution in [3.05, 3.63) is 59.2 Å². The van der Waals surface area contributed by atoms with Crippen LogP contribution >= 0.6 is 0 Å². The van der Waals surface area contributed by atoms with Gasteiger partial charge in [0.2, 0.25) is 5.91 Å². The molecule has 5 nitrogen and oxygen atoms in total. The van der Waals surface area contributed by atoms with Crippen LogP contribution in [-0.2, 0) is 11.2 Å². The van der Waals surface area contributed by atoms with Gasteiger partial charge in [-0.15, -0.1) is 0 Å². The highest BCUT2D eigenvalue weighted by molar-refractivity contribution is 5.97. The molecular formula is C20H24N2O3. The molecule has 5 heteroatoms. The van der Waals surface area contributed by atoms with Crippen molar-refractivity contribution in [2.45, 2.75) is 39.7 Å². The molecule has 0 heterocycles. The monoisotopic (exact) mass is 340 g/mol. The van der Waals surface area contributed by atoms with E-state index < -0.39 is 0 Å². The van der Waals surface area contributed by atoms with Gasteiger partial charge >= 0.3 is 0 Å². The van der Waals surface area contributed by atoms with Crippen molar-refractivity contribution >= 4 is 17.5 Å². The van der Waals surface area contributed by atoms with Gasteiger partial charge in [0.25, 0.3) is 5.91 Å². The van der Waals surface area contributed by atoms with Crippen LogP contribution in [0.5, 0.6) is 5.75 Å². The van der Waals surface area contributed by atoms with Crippen molar-refractivity contribution in [1.82, 2.24) is 5.32 Å².